The third-order valence-corrected chi connectivity index (χ3v) is 4.66. The Kier molecular flexibility index (Phi) is 4.38. The van der Waals surface area contributed by atoms with E-state index in [0.29, 0.717) is 12.2 Å². The van der Waals surface area contributed by atoms with E-state index in [9.17, 15) is 10.1 Å². The molecule has 0 saturated carbocycles. The number of ketones is 1. The number of nitrogens with zero attached hydrogens (tertiary/aromatic N) is 1. The standard InChI is InChI=1S/C19H23NO2S/c1-18(2,3)17(21)13(10-20)12-9-19(4,5)14-8-16(23)15(22-6)7-11(12)14/h7-8,23H,9H2,1-6H3/b13-12+. The fourth-order valence-electron chi connectivity index (χ4n) is 3.03. The number of rotatable bonds is 2. The molecule has 0 atom stereocenters. The van der Waals surface area contributed by atoms with Crippen molar-refractivity contribution in [1.82, 2.24) is 0 Å². The van der Waals surface area contributed by atoms with Crippen LogP contribution in [0.3, 0.4) is 0 Å². The van der Waals surface area contributed by atoms with Crippen LogP contribution in [-0.4, -0.2) is 12.9 Å². The van der Waals surface area contributed by atoms with Gasteiger partial charge in [-0.2, -0.15) is 5.26 Å². The lowest BCUT2D eigenvalue weighted by Crippen LogP contribution is -2.22. The molecule has 0 unspecified atom stereocenters. The summed E-state index contributed by atoms with van der Waals surface area (Å²) in [5.74, 6) is 0.537. The third kappa shape index (κ3) is 3.03. The number of methoxy groups -OCH3 is 1. The molecular weight excluding hydrogens is 306 g/mol. The molecule has 0 saturated heterocycles. The predicted molar refractivity (Wildman–Crippen MR) is 94.9 cm³/mol. The van der Waals surface area contributed by atoms with E-state index in [1.807, 2.05) is 32.9 Å². The topological polar surface area (TPSA) is 50.1 Å². The number of benzene rings is 1. The van der Waals surface area contributed by atoms with Crippen molar-refractivity contribution in [2.45, 2.75) is 51.3 Å². The van der Waals surface area contributed by atoms with Crippen LogP contribution in [-0.2, 0) is 10.2 Å². The van der Waals surface area contributed by atoms with E-state index < -0.39 is 5.41 Å². The molecule has 1 aromatic rings. The Hall–Kier alpha value is -1.73. The quantitative estimate of drug-likeness (QED) is 0.492. The van der Waals surface area contributed by atoms with E-state index in [0.717, 1.165) is 21.6 Å². The van der Waals surface area contributed by atoms with Crippen LogP contribution >= 0.6 is 12.6 Å². The zero-order chi connectivity index (χ0) is 17.6. The average Bonchev–Trinajstić information content (AvgIpc) is 2.69. The van der Waals surface area contributed by atoms with Gasteiger partial charge >= 0.3 is 0 Å². The van der Waals surface area contributed by atoms with Crippen LogP contribution in [0.1, 0.15) is 52.2 Å². The van der Waals surface area contributed by atoms with E-state index in [1.54, 1.807) is 7.11 Å². The van der Waals surface area contributed by atoms with E-state index in [-0.39, 0.29) is 16.8 Å². The van der Waals surface area contributed by atoms with E-state index >= 15 is 0 Å². The van der Waals surface area contributed by atoms with Gasteiger partial charge in [-0.25, -0.2) is 0 Å². The molecule has 0 aromatic heterocycles. The summed E-state index contributed by atoms with van der Waals surface area (Å²) in [7, 11) is 1.59. The second-order valence-electron chi connectivity index (χ2n) is 7.67. The largest absolute Gasteiger partial charge is 0.496 e. The van der Waals surface area contributed by atoms with Crippen molar-refractivity contribution >= 4 is 24.0 Å². The molecule has 0 heterocycles. The molecule has 122 valence electrons. The molecule has 0 radical (unpaired) electrons. The molecule has 2 rings (SSSR count). The first-order valence-electron chi connectivity index (χ1n) is 7.63. The highest BCUT2D eigenvalue weighted by molar-refractivity contribution is 7.80. The zero-order valence-corrected chi connectivity index (χ0v) is 15.5. The smallest absolute Gasteiger partial charge is 0.178 e. The molecule has 0 spiro atoms. The van der Waals surface area contributed by atoms with Gasteiger partial charge in [0.15, 0.2) is 5.78 Å². The summed E-state index contributed by atoms with van der Waals surface area (Å²) in [6.45, 7) is 9.76. The van der Waals surface area contributed by atoms with E-state index in [1.165, 1.54) is 0 Å². The second kappa shape index (κ2) is 5.72. The molecule has 0 N–H and O–H groups in total. The average molecular weight is 329 g/mol. The molecule has 1 aliphatic rings. The van der Waals surface area contributed by atoms with Crippen LogP contribution < -0.4 is 4.74 Å². The third-order valence-electron chi connectivity index (χ3n) is 4.31. The highest BCUT2D eigenvalue weighted by Crippen LogP contribution is 2.49. The van der Waals surface area contributed by atoms with Gasteiger partial charge in [0, 0.05) is 10.3 Å². The Morgan fingerprint density at radius 1 is 1.35 bits per heavy atom. The summed E-state index contributed by atoms with van der Waals surface area (Å²) >= 11 is 4.47. The molecule has 0 amide bonds. The first kappa shape index (κ1) is 17.6. The number of thiol groups is 1. The lowest BCUT2D eigenvalue weighted by Gasteiger charge is -2.19. The van der Waals surface area contributed by atoms with Gasteiger partial charge in [0.05, 0.1) is 12.7 Å². The minimum Gasteiger partial charge on any atom is -0.496 e. The number of allylic oxidation sites excluding steroid dienone is 2. The Morgan fingerprint density at radius 2 is 1.96 bits per heavy atom. The Morgan fingerprint density at radius 3 is 2.43 bits per heavy atom. The lowest BCUT2D eigenvalue weighted by molar-refractivity contribution is -0.122. The molecule has 3 nitrogen and oxygen atoms in total. The van der Waals surface area contributed by atoms with Gasteiger partial charge in [-0.3, -0.25) is 4.79 Å². The lowest BCUT2D eigenvalue weighted by atomic mass is 9.83. The highest BCUT2D eigenvalue weighted by atomic mass is 32.1. The monoisotopic (exact) mass is 329 g/mol. The fourth-order valence-corrected chi connectivity index (χ4v) is 3.31. The molecule has 4 heteroatoms. The maximum atomic E-state index is 12.7. The van der Waals surface area contributed by atoms with E-state index in [4.69, 9.17) is 4.74 Å². The Bertz CT molecular complexity index is 746. The molecule has 0 aliphatic heterocycles. The number of fused-ring (bicyclic) bond motifs is 1. The normalized spacial score (nSPS) is 18.2. The van der Waals surface area contributed by atoms with Crippen LogP contribution in [0, 0.1) is 16.7 Å². The summed E-state index contributed by atoms with van der Waals surface area (Å²) in [5, 5.41) is 9.62. The zero-order valence-electron chi connectivity index (χ0n) is 14.6. The van der Waals surface area contributed by atoms with Crippen molar-refractivity contribution in [3.05, 3.63) is 28.8 Å². The molecule has 1 aliphatic carbocycles. The number of carbonyl (C=O) groups excluding carboxylic acids is 1. The van der Waals surface area contributed by atoms with Gasteiger partial charge < -0.3 is 4.74 Å². The highest BCUT2D eigenvalue weighted by Gasteiger charge is 2.38. The minimum absolute atomic E-state index is 0.118. The van der Waals surface area contributed by atoms with Crippen LogP contribution in [0.5, 0.6) is 5.75 Å². The molecule has 23 heavy (non-hydrogen) atoms. The second-order valence-corrected chi connectivity index (χ2v) is 8.16. The van der Waals surface area contributed by atoms with Gasteiger partial charge in [-0.15, -0.1) is 12.6 Å². The predicted octanol–water partition coefficient (Wildman–Crippen LogP) is 4.56. The van der Waals surface area contributed by atoms with Crippen molar-refractivity contribution in [2.24, 2.45) is 5.41 Å². The van der Waals surface area contributed by atoms with Crippen molar-refractivity contribution in [3.63, 3.8) is 0 Å². The van der Waals surface area contributed by atoms with Crippen molar-refractivity contribution < 1.29 is 9.53 Å². The number of nitriles is 1. The Balaban J connectivity index is 2.77. The van der Waals surface area contributed by atoms with Gasteiger partial charge in [-0.1, -0.05) is 34.6 Å². The number of hydrogen-bond acceptors (Lipinski definition) is 4. The molecule has 1 aromatic carbocycles. The summed E-state index contributed by atoms with van der Waals surface area (Å²) in [4.78, 5) is 13.5. The van der Waals surface area contributed by atoms with Crippen LogP contribution in [0.2, 0.25) is 0 Å². The minimum atomic E-state index is -0.585. The molecule has 0 bridgehead atoms. The van der Waals surface area contributed by atoms with Gasteiger partial charge in [0.25, 0.3) is 0 Å². The van der Waals surface area contributed by atoms with Gasteiger partial charge in [0.1, 0.15) is 11.8 Å². The van der Waals surface area contributed by atoms with Crippen LogP contribution in [0.4, 0.5) is 0 Å². The first-order chi connectivity index (χ1) is 10.5. The van der Waals surface area contributed by atoms with Crippen LogP contribution in [0.25, 0.3) is 5.57 Å². The summed E-state index contributed by atoms with van der Waals surface area (Å²) < 4.78 is 5.36. The summed E-state index contributed by atoms with van der Waals surface area (Å²) in [6.07, 6.45) is 0.660. The SMILES string of the molecule is COc1cc2c(cc1S)C(C)(C)C/C2=C(/C#N)C(=O)C(C)(C)C. The van der Waals surface area contributed by atoms with Gasteiger partial charge in [-0.05, 0) is 40.7 Å². The maximum absolute atomic E-state index is 12.7. The maximum Gasteiger partial charge on any atom is 0.178 e. The first-order valence-corrected chi connectivity index (χ1v) is 8.07. The van der Waals surface area contributed by atoms with E-state index in [2.05, 4.69) is 32.5 Å². The number of hydrogen-bond donors (Lipinski definition) is 1. The van der Waals surface area contributed by atoms with Crippen molar-refractivity contribution in [2.75, 3.05) is 7.11 Å². The number of ether oxygens (including phenoxy) is 1. The number of Topliss-reactive ketones (excluding diaryl/α,β-unsaturated/α-hetero) is 1. The van der Waals surface area contributed by atoms with Crippen LogP contribution in [0.15, 0.2) is 22.6 Å². The summed E-state index contributed by atoms with van der Waals surface area (Å²) in [5.41, 5.74) is 2.39. The molecule has 0 fully saturated rings. The van der Waals surface area contributed by atoms with Gasteiger partial charge in [0.2, 0.25) is 0 Å². The van der Waals surface area contributed by atoms with Crippen molar-refractivity contribution in [1.29, 1.82) is 5.26 Å². The fraction of sp³-hybridized carbons (Fsp3) is 0.474. The Labute approximate surface area is 143 Å². The summed E-state index contributed by atoms with van der Waals surface area (Å²) in [6, 6.07) is 6.04. The molecular formula is C19H23NO2S. The number of carbonyl (C=O) groups is 1. The van der Waals surface area contributed by atoms with Crippen molar-refractivity contribution in [3.8, 4) is 11.8 Å².